The number of carbonyl (C=O) groups is 1. The van der Waals surface area contributed by atoms with E-state index in [4.69, 9.17) is 9.47 Å². The summed E-state index contributed by atoms with van der Waals surface area (Å²) in [6.07, 6.45) is 0. The number of carbonyl (C=O) groups excluding carboxylic acids is 1. The predicted molar refractivity (Wildman–Crippen MR) is 78.5 cm³/mol. The van der Waals surface area contributed by atoms with Crippen LogP contribution in [0.15, 0.2) is 48.5 Å². The Bertz CT molecular complexity index is 763. The van der Waals surface area contributed by atoms with E-state index < -0.39 is 0 Å². The number of hydrogen-bond donors (Lipinski definition) is 0. The van der Waals surface area contributed by atoms with E-state index in [0.717, 1.165) is 22.2 Å². The normalized spacial score (nSPS) is 10.5. The van der Waals surface area contributed by atoms with Gasteiger partial charge < -0.3 is 9.47 Å². The number of hydrogen-bond acceptors (Lipinski definition) is 4. The topological polar surface area (TPSA) is 53.4 Å². The zero-order valence-electron chi connectivity index (χ0n) is 11.5. The van der Waals surface area contributed by atoms with Crippen LogP contribution in [0.5, 0.6) is 11.6 Å². The number of para-hydroxylation sites is 1. The molecule has 0 unspecified atom stereocenters. The van der Waals surface area contributed by atoms with Crippen molar-refractivity contribution in [3.8, 4) is 11.6 Å². The quantitative estimate of drug-likeness (QED) is 0.675. The van der Waals surface area contributed by atoms with Crippen LogP contribution >= 0.6 is 0 Å². The maximum Gasteiger partial charge on any atom is 0.299 e. The smallest absolute Gasteiger partial charge is 0.299 e. The van der Waals surface area contributed by atoms with Gasteiger partial charge in [0, 0.05) is 0 Å². The summed E-state index contributed by atoms with van der Waals surface area (Å²) in [6, 6.07) is 15.4. The lowest BCUT2D eigenvalue weighted by Crippen LogP contribution is -2.02. The third kappa shape index (κ3) is 2.58. The Morgan fingerprint density at radius 2 is 1.90 bits per heavy atom. The first-order valence-corrected chi connectivity index (χ1v) is 6.50. The molecule has 0 saturated carbocycles. The molecule has 1 aromatic heterocycles. The van der Waals surface area contributed by atoms with E-state index in [1.165, 1.54) is 0 Å². The van der Waals surface area contributed by atoms with Gasteiger partial charge in [-0.1, -0.05) is 24.3 Å². The molecule has 21 heavy (non-hydrogen) atoms. The van der Waals surface area contributed by atoms with Gasteiger partial charge in [-0.05, 0) is 29.8 Å². The van der Waals surface area contributed by atoms with E-state index in [9.17, 15) is 4.79 Å². The van der Waals surface area contributed by atoms with Crippen LogP contribution in [-0.2, 0) is 11.3 Å². The molecule has 0 amide bonds. The van der Waals surface area contributed by atoms with Crippen LogP contribution in [-0.4, -0.2) is 23.4 Å². The van der Waals surface area contributed by atoms with Gasteiger partial charge in [0.1, 0.15) is 5.75 Å². The van der Waals surface area contributed by atoms with Crippen molar-refractivity contribution >= 4 is 17.4 Å². The Hall–Kier alpha value is -2.82. The van der Waals surface area contributed by atoms with Crippen LogP contribution in [0.4, 0.5) is 0 Å². The molecule has 1 heterocycles. The molecule has 2 aromatic carbocycles. The molecule has 0 saturated heterocycles. The Kier molecular flexibility index (Phi) is 3.55. The minimum Gasteiger partial charge on any atom is -0.497 e. The number of aromatic nitrogens is 2. The molecule has 0 aliphatic rings. The second kappa shape index (κ2) is 5.66. The minimum absolute atomic E-state index is 0.328. The van der Waals surface area contributed by atoms with Crippen molar-refractivity contribution in [2.45, 2.75) is 6.54 Å². The average molecular weight is 282 g/mol. The molecule has 0 spiro atoms. The number of rotatable bonds is 5. The van der Waals surface area contributed by atoms with Crippen LogP contribution in [0.2, 0.25) is 0 Å². The van der Waals surface area contributed by atoms with Crippen molar-refractivity contribution in [2.24, 2.45) is 0 Å². The van der Waals surface area contributed by atoms with Crippen LogP contribution in [0.25, 0.3) is 10.9 Å². The Balaban J connectivity index is 1.97. The lowest BCUT2D eigenvalue weighted by atomic mass is 10.2. The molecule has 0 atom stereocenters. The molecule has 0 N–H and O–H groups in total. The van der Waals surface area contributed by atoms with E-state index in [-0.39, 0.29) is 0 Å². The maximum absolute atomic E-state index is 10.6. The van der Waals surface area contributed by atoms with E-state index >= 15 is 0 Å². The summed E-state index contributed by atoms with van der Waals surface area (Å²) in [7, 11) is 1.64. The van der Waals surface area contributed by atoms with Gasteiger partial charge in [-0.3, -0.25) is 9.48 Å². The number of methoxy groups -OCH3 is 1. The zero-order chi connectivity index (χ0) is 14.7. The summed E-state index contributed by atoms with van der Waals surface area (Å²) in [5.41, 5.74) is 2.01. The second-order valence-electron chi connectivity index (χ2n) is 4.54. The van der Waals surface area contributed by atoms with Crippen molar-refractivity contribution in [2.75, 3.05) is 7.11 Å². The molecule has 0 bridgehead atoms. The number of fused-ring (bicyclic) bond motifs is 1. The molecule has 3 aromatic rings. The molecule has 0 fully saturated rings. The van der Waals surface area contributed by atoms with Crippen molar-refractivity contribution < 1.29 is 14.3 Å². The molecule has 3 rings (SSSR count). The van der Waals surface area contributed by atoms with Gasteiger partial charge >= 0.3 is 0 Å². The fourth-order valence-corrected chi connectivity index (χ4v) is 2.25. The van der Waals surface area contributed by atoms with Crippen molar-refractivity contribution in [1.29, 1.82) is 0 Å². The van der Waals surface area contributed by atoms with E-state index in [2.05, 4.69) is 5.10 Å². The van der Waals surface area contributed by atoms with Gasteiger partial charge in [0.2, 0.25) is 5.88 Å². The molecular formula is C16H14N2O3. The summed E-state index contributed by atoms with van der Waals surface area (Å²) in [6.45, 7) is 0.985. The summed E-state index contributed by atoms with van der Waals surface area (Å²) in [5.74, 6) is 1.14. The largest absolute Gasteiger partial charge is 0.497 e. The first-order valence-electron chi connectivity index (χ1n) is 6.50. The van der Waals surface area contributed by atoms with Crippen molar-refractivity contribution in [1.82, 2.24) is 9.78 Å². The van der Waals surface area contributed by atoms with Crippen molar-refractivity contribution in [3.63, 3.8) is 0 Å². The molecular weight excluding hydrogens is 268 g/mol. The van der Waals surface area contributed by atoms with E-state index in [1.54, 1.807) is 7.11 Å². The molecule has 106 valence electrons. The van der Waals surface area contributed by atoms with Gasteiger partial charge in [0.25, 0.3) is 6.47 Å². The third-order valence-electron chi connectivity index (χ3n) is 3.28. The number of nitrogens with zero attached hydrogens (tertiary/aromatic N) is 2. The highest BCUT2D eigenvalue weighted by Gasteiger charge is 2.11. The lowest BCUT2D eigenvalue weighted by Gasteiger charge is -2.05. The minimum atomic E-state index is 0.328. The standard InChI is InChI=1S/C16H14N2O3/c1-20-13-8-6-12(7-9-13)10-18-15-5-3-2-4-14(15)16(17-18)21-11-19/h2-9,11H,10H2,1H3. The molecule has 0 aliphatic heterocycles. The summed E-state index contributed by atoms with van der Waals surface area (Å²) >= 11 is 0. The number of benzene rings is 2. The zero-order valence-corrected chi connectivity index (χ0v) is 11.5. The fourth-order valence-electron chi connectivity index (χ4n) is 2.25. The van der Waals surface area contributed by atoms with E-state index in [1.807, 2.05) is 53.2 Å². The highest BCUT2D eigenvalue weighted by Crippen LogP contribution is 2.25. The van der Waals surface area contributed by atoms with Crippen LogP contribution in [0.1, 0.15) is 5.56 Å². The molecule has 5 heteroatoms. The fraction of sp³-hybridized carbons (Fsp3) is 0.125. The SMILES string of the molecule is COc1ccc(Cn2nc(OC=O)c3ccccc32)cc1. The van der Waals surface area contributed by atoms with Gasteiger partial charge in [-0.25, -0.2) is 0 Å². The lowest BCUT2D eigenvalue weighted by molar-refractivity contribution is -0.120. The van der Waals surface area contributed by atoms with Crippen LogP contribution in [0, 0.1) is 0 Å². The first kappa shape index (κ1) is 13.2. The van der Waals surface area contributed by atoms with Gasteiger partial charge in [-0.15, -0.1) is 5.10 Å². The van der Waals surface area contributed by atoms with Crippen LogP contribution < -0.4 is 9.47 Å². The van der Waals surface area contributed by atoms with Gasteiger partial charge in [0.15, 0.2) is 0 Å². The molecule has 0 aliphatic carbocycles. The Labute approximate surface area is 121 Å². The average Bonchev–Trinajstić information content (AvgIpc) is 2.87. The van der Waals surface area contributed by atoms with Gasteiger partial charge in [0.05, 0.1) is 24.6 Å². The summed E-state index contributed by atoms with van der Waals surface area (Å²) in [5, 5.41) is 5.17. The highest BCUT2D eigenvalue weighted by atomic mass is 16.5. The summed E-state index contributed by atoms with van der Waals surface area (Å²) in [4.78, 5) is 10.6. The molecule has 5 nitrogen and oxygen atoms in total. The monoisotopic (exact) mass is 282 g/mol. The first-order chi connectivity index (χ1) is 10.3. The second-order valence-corrected chi connectivity index (χ2v) is 4.54. The van der Waals surface area contributed by atoms with Crippen LogP contribution in [0.3, 0.4) is 0 Å². The highest BCUT2D eigenvalue weighted by molar-refractivity contribution is 5.85. The van der Waals surface area contributed by atoms with E-state index in [0.29, 0.717) is 18.9 Å². The number of ether oxygens (including phenoxy) is 2. The molecule has 0 radical (unpaired) electrons. The Morgan fingerprint density at radius 3 is 2.62 bits per heavy atom. The van der Waals surface area contributed by atoms with Gasteiger partial charge in [-0.2, -0.15) is 0 Å². The third-order valence-corrected chi connectivity index (χ3v) is 3.28. The maximum atomic E-state index is 10.6. The Morgan fingerprint density at radius 1 is 1.14 bits per heavy atom. The predicted octanol–water partition coefficient (Wildman–Crippen LogP) is 2.63. The summed E-state index contributed by atoms with van der Waals surface area (Å²) < 4.78 is 11.9. The van der Waals surface area contributed by atoms with Crippen molar-refractivity contribution in [3.05, 3.63) is 54.1 Å².